The minimum Gasteiger partial charge on any atom is -0.478 e. The fourth-order valence-corrected chi connectivity index (χ4v) is 2.57. The predicted octanol–water partition coefficient (Wildman–Crippen LogP) is 3.03. The number of rotatable bonds is 4. The van der Waals surface area contributed by atoms with Crippen LogP contribution in [-0.4, -0.2) is 29.6 Å². The van der Waals surface area contributed by atoms with Crippen molar-refractivity contribution in [2.45, 2.75) is 39.2 Å². The molecule has 0 bridgehead atoms. The third-order valence-corrected chi connectivity index (χ3v) is 3.46. The Hall–Kier alpha value is -1.09. The molecule has 1 aliphatic rings. The third-order valence-electron chi connectivity index (χ3n) is 3.46. The highest BCUT2D eigenvalue weighted by Crippen LogP contribution is 2.30. The van der Waals surface area contributed by atoms with Crippen molar-refractivity contribution in [3.8, 4) is 5.88 Å². The molecular weight excluding hydrogens is 212 g/mol. The van der Waals surface area contributed by atoms with Gasteiger partial charge >= 0.3 is 0 Å². The van der Waals surface area contributed by atoms with Crippen molar-refractivity contribution >= 4 is 0 Å². The topological polar surface area (TPSA) is 25.4 Å². The van der Waals surface area contributed by atoms with Crippen LogP contribution in [0.2, 0.25) is 0 Å². The molecule has 2 rings (SSSR count). The highest BCUT2D eigenvalue weighted by atomic mass is 16.5. The standard InChI is InChI=1S/C14H22N2O/c1-3-16-10-6-5-7-13(16)12-8-9-14(15-11-12)17-4-2/h8-9,11,13H,3-7,10H2,1-2H3/t13-/m0/s1. The molecule has 1 aromatic rings. The Morgan fingerprint density at radius 2 is 2.24 bits per heavy atom. The van der Waals surface area contributed by atoms with E-state index in [-0.39, 0.29) is 0 Å². The Kier molecular flexibility index (Phi) is 4.37. The summed E-state index contributed by atoms with van der Waals surface area (Å²) in [4.78, 5) is 6.91. The summed E-state index contributed by atoms with van der Waals surface area (Å²) >= 11 is 0. The van der Waals surface area contributed by atoms with Crippen molar-refractivity contribution in [2.75, 3.05) is 19.7 Å². The molecule has 0 radical (unpaired) electrons. The molecule has 0 saturated carbocycles. The summed E-state index contributed by atoms with van der Waals surface area (Å²) in [6, 6.07) is 4.70. The molecule has 0 unspecified atom stereocenters. The minimum absolute atomic E-state index is 0.553. The first-order valence-electron chi connectivity index (χ1n) is 6.68. The van der Waals surface area contributed by atoms with Gasteiger partial charge in [-0.1, -0.05) is 19.4 Å². The van der Waals surface area contributed by atoms with Gasteiger partial charge in [0.15, 0.2) is 0 Å². The molecule has 1 aliphatic heterocycles. The van der Waals surface area contributed by atoms with E-state index in [4.69, 9.17) is 4.74 Å². The van der Waals surface area contributed by atoms with E-state index in [2.05, 4.69) is 22.9 Å². The largest absolute Gasteiger partial charge is 0.478 e. The van der Waals surface area contributed by atoms with Gasteiger partial charge in [-0.25, -0.2) is 4.98 Å². The third kappa shape index (κ3) is 2.97. The predicted molar refractivity (Wildman–Crippen MR) is 69.2 cm³/mol. The Morgan fingerprint density at radius 1 is 1.35 bits per heavy atom. The lowest BCUT2D eigenvalue weighted by molar-refractivity contribution is 0.157. The van der Waals surface area contributed by atoms with Crippen molar-refractivity contribution in [3.05, 3.63) is 23.9 Å². The molecule has 1 aromatic heterocycles. The number of nitrogens with zero attached hydrogens (tertiary/aromatic N) is 2. The van der Waals surface area contributed by atoms with Crippen molar-refractivity contribution in [2.24, 2.45) is 0 Å². The van der Waals surface area contributed by atoms with Crippen LogP contribution in [0.1, 0.15) is 44.7 Å². The minimum atomic E-state index is 0.553. The number of likely N-dealkylation sites (tertiary alicyclic amines) is 1. The average molecular weight is 234 g/mol. The maximum Gasteiger partial charge on any atom is 0.213 e. The maximum absolute atomic E-state index is 5.38. The van der Waals surface area contributed by atoms with Gasteiger partial charge in [0.2, 0.25) is 5.88 Å². The summed E-state index contributed by atoms with van der Waals surface area (Å²) in [5, 5.41) is 0. The van der Waals surface area contributed by atoms with E-state index in [1.54, 1.807) is 0 Å². The SMILES string of the molecule is CCOc1ccc([C@@H]2CCCCN2CC)cn1. The van der Waals surface area contributed by atoms with Crippen LogP contribution in [0.15, 0.2) is 18.3 Å². The molecule has 94 valence electrons. The van der Waals surface area contributed by atoms with Crippen LogP contribution in [-0.2, 0) is 0 Å². The Labute approximate surface area is 104 Å². The Bertz CT molecular complexity index is 337. The first-order chi connectivity index (χ1) is 8.35. The molecule has 0 aromatic carbocycles. The van der Waals surface area contributed by atoms with E-state index in [1.165, 1.54) is 31.4 Å². The van der Waals surface area contributed by atoms with E-state index >= 15 is 0 Å². The molecule has 1 fully saturated rings. The van der Waals surface area contributed by atoms with E-state index in [1.807, 2.05) is 19.2 Å². The van der Waals surface area contributed by atoms with Gasteiger partial charge in [0.1, 0.15) is 0 Å². The first kappa shape index (κ1) is 12.4. The molecule has 1 atom stereocenters. The molecular formula is C14H22N2O. The molecule has 3 heteroatoms. The second-order valence-corrected chi connectivity index (χ2v) is 4.50. The lowest BCUT2D eigenvalue weighted by Crippen LogP contribution is -2.33. The highest BCUT2D eigenvalue weighted by Gasteiger charge is 2.22. The zero-order valence-electron chi connectivity index (χ0n) is 10.9. The number of hydrogen-bond donors (Lipinski definition) is 0. The second-order valence-electron chi connectivity index (χ2n) is 4.50. The smallest absolute Gasteiger partial charge is 0.213 e. The van der Waals surface area contributed by atoms with E-state index in [0.717, 1.165) is 12.4 Å². The Morgan fingerprint density at radius 3 is 2.88 bits per heavy atom. The van der Waals surface area contributed by atoms with Crippen molar-refractivity contribution in [1.82, 2.24) is 9.88 Å². The Balaban J connectivity index is 2.09. The fraction of sp³-hybridized carbons (Fsp3) is 0.643. The quantitative estimate of drug-likeness (QED) is 0.800. The van der Waals surface area contributed by atoms with Gasteiger partial charge in [-0.05, 0) is 38.4 Å². The molecule has 17 heavy (non-hydrogen) atoms. The van der Waals surface area contributed by atoms with Crippen molar-refractivity contribution in [1.29, 1.82) is 0 Å². The zero-order chi connectivity index (χ0) is 12.1. The second kappa shape index (κ2) is 6.01. The fourth-order valence-electron chi connectivity index (χ4n) is 2.57. The molecule has 3 nitrogen and oxygen atoms in total. The van der Waals surface area contributed by atoms with Crippen LogP contribution in [0.3, 0.4) is 0 Å². The average Bonchev–Trinajstić information content (AvgIpc) is 2.40. The highest BCUT2D eigenvalue weighted by molar-refractivity contribution is 5.21. The van der Waals surface area contributed by atoms with Crippen LogP contribution < -0.4 is 4.74 Å². The summed E-state index contributed by atoms with van der Waals surface area (Å²) < 4.78 is 5.38. The number of pyridine rings is 1. The molecule has 2 heterocycles. The van der Waals surface area contributed by atoms with Crippen LogP contribution in [0.25, 0.3) is 0 Å². The normalized spacial score (nSPS) is 21.4. The summed E-state index contributed by atoms with van der Waals surface area (Å²) in [7, 11) is 0. The lowest BCUT2D eigenvalue weighted by Gasteiger charge is -2.35. The molecule has 0 N–H and O–H groups in total. The van der Waals surface area contributed by atoms with Crippen LogP contribution in [0.5, 0.6) is 5.88 Å². The summed E-state index contributed by atoms with van der Waals surface area (Å²) in [5.41, 5.74) is 1.33. The van der Waals surface area contributed by atoms with Gasteiger partial charge in [-0.15, -0.1) is 0 Å². The van der Waals surface area contributed by atoms with Crippen LogP contribution >= 0.6 is 0 Å². The van der Waals surface area contributed by atoms with Gasteiger partial charge in [0.05, 0.1) is 6.61 Å². The van der Waals surface area contributed by atoms with Gasteiger partial charge in [-0.3, -0.25) is 4.90 Å². The van der Waals surface area contributed by atoms with E-state index in [9.17, 15) is 0 Å². The molecule has 0 amide bonds. The van der Waals surface area contributed by atoms with Gasteiger partial charge < -0.3 is 4.74 Å². The maximum atomic E-state index is 5.38. The summed E-state index contributed by atoms with van der Waals surface area (Å²) in [5.74, 6) is 0.732. The van der Waals surface area contributed by atoms with Gasteiger partial charge in [0.25, 0.3) is 0 Å². The summed E-state index contributed by atoms with van der Waals surface area (Å²) in [6.07, 6.45) is 5.89. The number of hydrogen-bond acceptors (Lipinski definition) is 3. The van der Waals surface area contributed by atoms with Crippen LogP contribution in [0.4, 0.5) is 0 Å². The van der Waals surface area contributed by atoms with Crippen molar-refractivity contribution < 1.29 is 4.74 Å². The first-order valence-corrected chi connectivity index (χ1v) is 6.68. The monoisotopic (exact) mass is 234 g/mol. The number of aromatic nitrogens is 1. The van der Waals surface area contributed by atoms with Gasteiger partial charge in [-0.2, -0.15) is 0 Å². The lowest BCUT2D eigenvalue weighted by atomic mass is 9.96. The number of piperidine rings is 1. The van der Waals surface area contributed by atoms with Crippen molar-refractivity contribution in [3.63, 3.8) is 0 Å². The molecule has 1 saturated heterocycles. The zero-order valence-corrected chi connectivity index (χ0v) is 10.9. The van der Waals surface area contributed by atoms with E-state index < -0.39 is 0 Å². The van der Waals surface area contributed by atoms with Gasteiger partial charge in [0, 0.05) is 18.3 Å². The van der Waals surface area contributed by atoms with E-state index in [0.29, 0.717) is 12.6 Å². The number of ether oxygens (including phenoxy) is 1. The molecule has 0 aliphatic carbocycles. The molecule has 0 spiro atoms. The van der Waals surface area contributed by atoms with Crippen LogP contribution in [0, 0.1) is 0 Å². The summed E-state index contributed by atoms with van der Waals surface area (Å²) in [6.45, 7) is 7.24.